The van der Waals surface area contributed by atoms with Crippen LogP contribution in [0.5, 0.6) is 11.5 Å². The molecule has 0 radical (unpaired) electrons. The zero-order valence-corrected chi connectivity index (χ0v) is 15.9. The summed E-state index contributed by atoms with van der Waals surface area (Å²) in [5, 5.41) is 3.70. The molecule has 0 bridgehead atoms. The first-order valence-electron chi connectivity index (χ1n) is 7.97. The average Bonchev–Trinajstić information content (AvgIpc) is 2.75. The third-order valence-electron chi connectivity index (χ3n) is 4.04. The van der Waals surface area contributed by atoms with Crippen molar-refractivity contribution in [1.29, 1.82) is 0 Å². The van der Waals surface area contributed by atoms with E-state index in [0.29, 0.717) is 12.6 Å². The standard InChI is InChI=1S/C17H26BrNO2.ClH/c1-3-21-17-13(10-14(18)11-16(17)20-2)12-19-15-8-6-4-5-7-9-15;/h10-11,15,19H,3-9,12H2,1-2H3;1H. The molecular formula is C17H27BrClNO2. The van der Waals surface area contributed by atoms with Crippen LogP contribution in [0.25, 0.3) is 0 Å². The van der Waals surface area contributed by atoms with Crippen molar-refractivity contribution in [3.05, 3.63) is 22.2 Å². The summed E-state index contributed by atoms with van der Waals surface area (Å²) in [6.07, 6.45) is 8.03. The van der Waals surface area contributed by atoms with Crippen LogP contribution in [0.15, 0.2) is 16.6 Å². The third-order valence-corrected chi connectivity index (χ3v) is 4.50. The first kappa shape index (κ1) is 19.6. The Morgan fingerprint density at radius 3 is 2.45 bits per heavy atom. The molecule has 0 saturated heterocycles. The molecule has 3 nitrogen and oxygen atoms in total. The number of methoxy groups -OCH3 is 1. The topological polar surface area (TPSA) is 30.5 Å². The van der Waals surface area contributed by atoms with Crippen LogP contribution in [0.4, 0.5) is 0 Å². The number of benzene rings is 1. The molecule has 126 valence electrons. The SMILES string of the molecule is CCOc1c(CNC2CCCCCC2)cc(Br)cc1OC.Cl. The molecule has 1 aliphatic rings. The second kappa shape index (κ2) is 10.3. The van der Waals surface area contributed by atoms with Gasteiger partial charge in [0, 0.05) is 22.6 Å². The Hall–Kier alpha value is -0.450. The van der Waals surface area contributed by atoms with Gasteiger partial charge in [-0.25, -0.2) is 0 Å². The Labute approximate surface area is 148 Å². The fraction of sp³-hybridized carbons (Fsp3) is 0.647. The van der Waals surface area contributed by atoms with Crippen LogP contribution in [0, 0.1) is 0 Å². The molecule has 0 atom stereocenters. The minimum absolute atomic E-state index is 0. The molecule has 0 aliphatic heterocycles. The van der Waals surface area contributed by atoms with Gasteiger partial charge in [0.2, 0.25) is 0 Å². The largest absolute Gasteiger partial charge is 0.493 e. The lowest BCUT2D eigenvalue weighted by atomic mass is 10.1. The predicted molar refractivity (Wildman–Crippen MR) is 97.4 cm³/mol. The summed E-state index contributed by atoms with van der Waals surface area (Å²) in [5.74, 6) is 1.66. The van der Waals surface area contributed by atoms with Gasteiger partial charge < -0.3 is 14.8 Å². The van der Waals surface area contributed by atoms with Gasteiger partial charge in [-0.2, -0.15) is 0 Å². The molecule has 0 aromatic heterocycles. The van der Waals surface area contributed by atoms with Gasteiger partial charge in [0.05, 0.1) is 13.7 Å². The van der Waals surface area contributed by atoms with Gasteiger partial charge in [-0.3, -0.25) is 0 Å². The van der Waals surface area contributed by atoms with E-state index in [4.69, 9.17) is 9.47 Å². The van der Waals surface area contributed by atoms with Crippen LogP contribution in [0.1, 0.15) is 51.0 Å². The van der Waals surface area contributed by atoms with Gasteiger partial charge in [-0.1, -0.05) is 41.6 Å². The molecule has 1 aromatic rings. The number of hydrogen-bond acceptors (Lipinski definition) is 3. The molecule has 2 rings (SSSR count). The highest BCUT2D eigenvalue weighted by Crippen LogP contribution is 2.35. The van der Waals surface area contributed by atoms with Gasteiger partial charge in [-0.15, -0.1) is 12.4 Å². The van der Waals surface area contributed by atoms with Crippen molar-refractivity contribution >= 4 is 28.3 Å². The van der Waals surface area contributed by atoms with Gasteiger partial charge in [0.1, 0.15) is 0 Å². The summed E-state index contributed by atoms with van der Waals surface area (Å²) >= 11 is 3.55. The summed E-state index contributed by atoms with van der Waals surface area (Å²) in [6, 6.07) is 4.71. The molecular weight excluding hydrogens is 366 g/mol. The first-order chi connectivity index (χ1) is 10.2. The van der Waals surface area contributed by atoms with Crippen molar-refractivity contribution in [3.8, 4) is 11.5 Å². The molecule has 0 spiro atoms. The van der Waals surface area contributed by atoms with Crippen LogP contribution in [0.2, 0.25) is 0 Å². The van der Waals surface area contributed by atoms with Crippen LogP contribution < -0.4 is 14.8 Å². The summed E-state index contributed by atoms with van der Waals surface area (Å²) in [5.41, 5.74) is 1.16. The minimum Gasteiger partial charge on any atom is -0.493 e. The quantitative estimate of drug-likeness (QED) is 0.684. The van der Waals surface area contributed by atoms with E-state index < -0.39 is 0 Å². The van der Waals surface area contributed by atoms with E-state index in [1.165, 1.54) is 38.5 Å². The van der Waals surface area contributed by atoms with E-state index in [2.05, 4.69) is 27.3 Å². The lowest BCUT2D eigenvalue weighted by Crippen LogP contribution is -2.28. The molecule has 0 heterocycles. The molecule has 22 heavy (non-hydrogen) atoms. The molecule has 0 unspecified atom stereocenters. The maximum atomic E-state index is 5.79. The fourth-order valence-corrected chi connectivity index (χ4v) is 3.44. The van der Waals surface area contributed by atoms with Crippen molar-refractivity contribution in [2.24, 2.45) is 0 Å². The maximum absolute atomic E-state index is 5.79. The van der Waals surface area contributed by atoms with Crippen LogP contribution >= 0.6 is 28.3 Å². The van der Waals surface area contributed by atoms with Crippen LogP contribution in [0.3, 0.4) is 0 Å². The number of hydrogen-bond donors (Lipinski definition) is 1. The van der Waals surface area contributed by atoms with E-state index in [1.54, 1.807) is 7.11 Å². The van der Waals surface area contributed by atoms with Gasteiger partial charge in [0.15, 0.2) is 11.5 Å². The molecule has 1 saturated carbocycles. The van der Waals surface area contributed by atoms with Crippen molar-refractivity contribution in [2.75, 3.05) is 13.7 Å². The molecule has 0 amide bonds. The zero-order valence-electron chi connectivity index (χ0n) is 13.5. The second-order valence-electron chi connectivity index (χ2n) is 5.60. The van der Waals surface area contributed by atoms with Crippen molar-refractivity contribution in [1.82, 2.24) is 5.32 Å². The highest BCUT2D eigenvalue weighted by molar-refractivity contribution is 9.10. The Morgan fingerprint density at radius 1 is 1.18 bits per heavy atom. The van der Waals surface area contributed by atoms with E-state index in [0.717, 1.165) is 28.1 Å². The molecule has 1 fully saturated rings. The smallest absolute Gasteiger partial charge is 0.165 e. The molecule has 1 aliphatic carbocycles. The number of nitrogens with one attached hydrogen (secondary N) is 1. The van der Waals surface area contributed by atoms with Crippen molar-refractivity contribution in [3.63, 3.8) is 0 Å². The monoisotopic (exact) mass is 391 g/mol. The van der Waals surface area contributed by atoms with E-state index in [1.807, 2.05) is 13.0 Å². The van der Waals surface area contributed by atoms with Gasteiger partial charge >= 0.3 is 0 Å². The normalized spacial score (nSPS) is 15.8. The summed E-state index contributed by atoms with van der Waals surface area (Å²) in [6.45, 7) is 3.48. The zero-order chi connectivity index (χ0) is 15.1. The summed E-state index contributed by atoms with van der Waals surface area (Å²) < 4.78 is 12.3. The average molecular weight is 393 g/mol. The van der Waals surface area contributed by atoms with Gasteiger partial charge in [-0.05, 0) is 31.9 Å². The van der Waals surface area contributed by atoms with Crippen LogP contribution in [-0.4, -0.2) is 19.8 Å². The Kier molecular flexibility index (Phi) is 9.22. The summed E-state index contributed by atoms with van der Waals surface area (Å²) in [4.78, 5) is 0. The first-order valence-corrected chi connectivity index (χ1v) is 8.76. The number of ether oxygens (including phenoxy) is 2. The van der Waals surface area contributed by atoms with E-state index in [9.17, 15) is 0 Å². The van der Waals surface area contributed by atoms with E-state index >= 15 is 0 Å². The third kappa shape index (κ3) is 5.64. The van der Waals surface area contributed by atoms with Crippen molar-refractivity contribution < 1.29 is 9.47 Å². The lowest BCUT2D eigenvalue weighted by molar-refractivity contribution is 0.305. The highest BCUT2D eigenvalue weighted by atomic mass is 79.9. The lowest BCUT2D eigenvalue weighted by Gasteiger charge is -2.19. The fourth-order valence-electron chi connectivity index (χ4n) is 2.95. The molecule has 5 heteroatoms. The number of rotatable bonds is 6. The Balaban J connectivity index is 0.00000242. The van der Waals surface area contributed by atoms with Crippen molar-refractivity contribution in [2.45, 2.75) is 58.0 Å². The molecule has 1 aromatic carbocycles. The second-order valence-corrected chi connectivity index (χ2v) is 6.51. The Morgan fingerprint density at radius 2 is 1.86 bits per heavy atom. The van der Waals surface area contributed by atoms with Gasteiger partial charge in [0.25, 0.3) is 0 Å². The summed E-state index contributed by atoms with van der Waals surface area (Å²) in [7, 11) is 1.69. The van der Waals surface area contributed by atoms with E-state index in [-0.39, 0.29) is 12.4 Å². The number of halogens is 2. The van der Waals surface area contributed by atoms with Crippen LogP contribution in [-0.2, 0) is 6.54 Å². The minimum atomic E-state index is 0. The predicted octanol–water partition coefficient (Wildman–Crippen LogP) is 5.09. The maximum Gasteiger partial charge on any atom is 0.165 e. The molecule has 1 N–H and O–H groups in total. The highest BCUT2D eigenvalue weighted by Gasteiger charge is 2.15. The Bertz CT molecular complexity index is 449.